The Balaban J connectivity index is 1.36. The zero-order chi connectivity index (χ0) is 32.1. The summed E-state index contributed by atoms with van der Waals surface area (Å²) in [6.45, 7) is 0. The molecule has 1 aliphatic heterocycles. The topological polar surface area (TPSA) is 105 Å². The van der Waals surface area contributed by atoms with Gasteiger partial charge in [-0.05, 0) is 72.8 Å². The summed E-state index contributed by atoms with van der Waals surface area (Å²) in [6.07, 6.45) is 1.50. The Labute approximate surface area is 281 Å². The fourth-order valence-electron chi connectivity index (χ4n) is 4.54. The lowest BCUT2D eigenvalue weighted by atomic mass is 10.1. The number of hydrogen-bond donors (Lipinski definition) is 2. The summed E-state index contributed by atoms with van der Waals surface area (Å²) in [6, 6.07) is 25.3. The number of hydrogen-bond acceptors (Lipinski definition) is 6. The summed E-state index contributed by atoms with van der Waals surface area (Å²) < 4.78 is 6.21. The summed E-state index contributed by atoms with van der Waals surface area (Å²) in [7, 11) is 1.51. The van der Waals surface area contributed by atoms with Gasteiger partial charge in [0, 0.05) is 37.6 Å². The molecule has 2 N–H and O–H groups in total. The van der Waals surface area contributed by atoms with E-state index in [1.54, 1.807) is 78.9 Å². The smallest absolute Gasteiger partial charge is 0.272 e. The van der Waals surface area contributed by atoms with Gasteiger partial charge >= 0.3 is 0 Å². The second-order valence-electron chi connectivity index (χ2n) is 9.72. The zero-order valence-electron chi connectivity index (χ0n) is 23.6. The molecule has 0 aliphatic carbocycles. The number of thioether (sulfide) groups is 1. The average Bonchev–Trinajstić information content (AvgIpc) is 3.29. The first-order valence-electron chi connectivity index (χ1n) is 13.4. The van der Waals surface area contributed by atoms with Crippen LogP contribution >= 0.6 is 50.9 Å². The first kappa shape index (κ1) is 32.3. The van der Waals surface area contributed by atoms with Crippen molar-refractivity contribution in [2.75, 3.05) is 17.3 Å². The largest absolute Gasteiger partial charge is 0.496 e. The SMILES string of the molecule is COc1ccc(Br)cc1/C=C(\NC(=O)c1ccccc1)C(=O)Nc1cccc(S[C@@H]2CC(=O)N(c3ccc(Cl)cc3Cl)C2=O)c1. The van der Waals surface area contributed by atoms with Gasteiger partial charge in [-0.2, -0.15) is 0 Å². The van der Waals surface area contributed by atoms with Crippen LogP contribution in [0.1, 0.15) is 22.3 Å². The normalized spacial score (nSPS) is 14.8. The molecule has 4 aromatic carbocycles. The molecule has 45 heavy (non-hydrogen) atoms. The highest BCUT2D eigenvalue weighted by Crippen LogP contribution is 2.38. The zero-order valence-corrected chi connectivity index (χ0v) is 27.5. The molecule has 1 fully saturated rings. The van der Waals surface area contributed by atoms with Crippen molar-refractivity contribution in [3.63, 3.8) is 0 Å². The van der Waals surface area contributed by atoms with E-state index in [-0.39, 0.29) is 28.7 Å². The van der Waals surface area contributed by atoms with Crippen LogP contribution < -0.4 is 20.3 Å². The second-order valence-corrected chi connectivity index (χ2v) is 12.8. The monoisotopic (exact) mass is 723 g/mol. The molecule has 228 valence electrons. The number of imide groups is 1. The third-order valence-electron chi connectivity index (χ3n) is 6.65. The molecule has 0 aromatic heterocycles. The Morgan fingerprint density at radius 3 is 2.49 bits per heavy atom. The van der Waals surface area contributed by atoms with Gasteiger partial charge in [-0.3, -0.25) is 19.2 Å². The molecule has 4 amide bonds. The molecular formula is C33H24BrCl2N3O5S. The Morgan fingerprint density at radius 2 is 1.76 bits per heavy atom. The van der Waals surface area contributed by atoms with Crippen molar-refractivity contribution < 1.29 is 23.9 Å². The van der Waals surface area contributed by atoms with Crippen molar-refractivity contribution in [1.29, 1.82) is 0 Å². The number of benzene rings is 4. The summed E-state index contributed by atoms with van der Waals surface area (Å²) >= 11 is 16.9. The number of halogens is 3. The van der Waals surface area contributed by atoms with Crippen LogP contribution in [0.3, 0.4) is 0 Å². The number of ether oxygens (including phenoxy) is 1. The number of anilines is 2. The molecule has 1 heterocycles. The summed E-state index contributed by atoms with van der Waals surface area (Å²) in [5.41, 5.74) is 1.61. The Bertz CT molecular complexity index is 1840. The van der Waals surface area contributed by atoms with Crippen molar-refractivity contribution in [3.8, 4) is 5.75 Å². The highest BCUT2D eigenvalue weighted by atomic mass is 79.9. The van der Waals surface area contributed by atoms with Crippen LogP contribution in [0.2, 0.25) is 10.0 Å². The fraction of sp³-hybridized carbons (Fsp3) is 0.0909. The standard InChI is InChI=1S/C33H24BrCl2N3O5S/c1-44-28-13-10-21(34)14-20(28)15-26(38-31(41)19-6-3-2-4-7-19)32(42)37-23-8-5-9-24(17-23)45-29-18-30(40)39(33(29)43)27-12-11-22(35)16-25(27)36/h2-17,29H,18H2,1H3,(H,37,42)(H,38,41)/b26-15-/t29-/m1/s1. The number of carbonyl (C=O) groups excluding carboxylic acids is 4. The van der Waals surface area contributed by atoms with Crippen molar-refractivity contribution in [2.24, 2.45) is 0 Å². The van der Waals surface area contributed by atoms with Crippen LogP contribution in [0.5, 0.6) is 5.75 Å². The predicted molar refractivity (Wildman–Crippen MR) is 181 cm³/mol. The molecule has 8 nitrogen and oxygen atoms in total. The number of rotatable bonds is 9. The van der Waals surface area contributed by atoms with Gasteiger partial charge in [0.15, 0.2) is 0 Å². The Hall–Kier alpha value is -4.09. The van der Waals surface area contributed by atoms with Crippen LogP contribution in [0, 0.1) is 0 Å². The fourth-order valence-corrected chi connectivity index (χ4v) is 6.52. The van der Waals surface area contributed by atoms with Gasteiger partial charge in [0.05, 0.1) is 23.1 Å². The number of amides is 4. The summed E-state index contributed by atoms with van der Waals surface area (Å²) in [4.78, 5) is 54.4. The maximum absolute atomic E-state index is 13.6. The first-order chi connectivity index (χ1) is 21.6. The third-order valence-corrected chi connectivity index (χ3v) is 8.86. The molecule has 0 unspecified atom stereocenters. The van der Waals surface area contributed by atoms with Crippen LogP contribution in [-0.4, -0.2) is 36.0 Å². The maximum Gasteiger partial charge on any atom is 0.272 e. The predicted octanol–water partition coefficient (Wildman–Crippen LogP) is 7.60. The van der Waals surface area contributed by atoms with E-state index in [0.717, 1.165) is 9.37 Å². The van der Waals surface area contributed by atoms with Crippen LogP contribution in [-0.2, 0) is 14.4 Å². The van der Waals surface area contributed by atoms with Gasteiger partial charge in [0.2, 0.25) is 11.8 Å². The number of nitrogens with one attached hydrogen (secondary N) is 2. The molecule has 12 heteroatoms. The van der Waals surface area contributed by atoms with Crippen molar-refractivity contribution in [3.05, 3.63) is 122 Å². The van der Waals surface area contributed by atoms with Gasteiger partial charge in [0.25, 0.3) is 11.8 Å². The van der Waals surface area contributed by atoms with Gasteiger partial charge < -0.3 is 15.4 Å². The van der Waals surface area contributed by atoms with Crippen LogP contribution in [0.15, 0.2) is 106 Å². The molecule has 1 atom stereocenters. The quantitative estimate of drug-likeness (QED) is 0.136. The molecule has 0 bridgehead atoms. The van der Waals surface area contributed by atoms with Gasteiger partial charge in [0.1, 0.15) is 11.4 Å². The van der Waals surface area contributed by atoms with E-state index >= 15 is 0 Å². The van der Waals surface area contributed by atoms with E-state index in [2.05, 4.69) is 26.6 Å². The number of carbonyl (C=O) groups is 4. The molecule has 0 radical (unpaired) electrons. The lowest BCUT2D eigenvalue weighted by molar-refractivity contribution is -0.121. The van der Waals surface area contributed by atoms with E-state index in [1.807, 2.05) is 0 Å². The minimum Gasteiger partial charge on any atom is -0.496 e. The minimum absolute atomic E-state index is 0.0219. The van der Waals surface area contributed by atoms with E-state index < -0.39 is 23.0 Å². The summed E-state index contributed by atoms with van der Waals surface area (Å²) in [5, 5.41) is 5.43. The average molecular weight is 725 g/mol. The van der Waals surface area contributed by atoms with E-state index in [4.69, 9.17) is 27.9 Å². The minimum atomic E-state index is -0.695. The van der Waals surface area contributed by atoms with Gasteiger partial charge in [-0.15, -0.1) is 11.8 Å². The van der Waals surface area contributed by atoms with Crippen molar-refractivity contribution in [2.45, 2.75) is 16.6 Å². The first-order valence-corrected chi connectivity index (χ1v) is 15.9. The Kier molecular flexibility index (Phi) is 10.3. The molecule has 0 spiro atoms. The molecule has 0 saturated carbocycles. The molecule has 5 rings (SSSR count). The van der Waals surface area contributed by atoms with E-state index in [0.29, 0.717) is 32.5 Å². The van der Waals surface area contributed by atoms with Crippen LogP contribution in [0.4, 0.5) is 11.4 Å². The Morgan fingerprint density at radius 1 is 0.978 bits per heavy atom. The number of nitrogens with zero attached hydrogens (tertiary/aromatic N) is 1. The highest BCUT2D eigenvalue weighted by molar-refractivity contribution is 9.10. The van der Waals surface area contributed by atoms with Crippen LogP contribution in [0.25, 0.3) is 6.08 Å². The third kappa shape index (κ3) is 7.77. The van der Waals surface area contributed by atoms with E-state index in [1.165, 1.54) is 37.1 Å². The molecule has 1 saturated heterocycles. The molecule has 1 aliphatic rings. The van der Waals surface area contributed by atoms with Gasteiger partial charge in [-0.1, -0.05) is 63.4 Å². The highest BCUT2D eigenvalue weighted by Gasteiger charge is 2.41. The number of methoxy groups -OCH3 is 1. The van der Waals surface area contributed by atoms with E-state index in [9.17, 15) is 19.2 Å². The lowest BCUT2D eigenvalue weighted by Gasteiger charge is -2.17. The molecule has 4 aromatic rings. The van der Waals surface area contributed by atoms with Crippen molar-refractivity contribution in [1.82, 2.24) is 5.32 Å². The second kappa shape index (κ2) is 14.3. The summed E-state index contributed by atoms with van der Waals surface area (Å²) in [5.74, 6) is -1.33. The lowest BCUT2D eigenvalue weighted by Crippen LogP contribution is -2.31. The van der Waals surface area contributed by atoms with Gasteiger partial charge in [-0.25, -0.2) is 4.90 Å². The molecular weight excluding hydrogens is 701 g/mol. The van der Waals surface area contributed by atoms with Crippen molar-refractivity contribution >= 4 is 92.0 Å². The maximum atomic E-state index is 13.6.